The van der Waals surface area contributed by atoms with E-state index >= 15 is 0 Å². The number of aryl methyl sites for hydroxylation is 4. The standard InChI is InChI=1S/C26H24N2O2/c1-16-23-17(2)25(26(29)30-15-18-10-6-5-7-11-18)28(4)22(23)14-20-19-12-8-9-13-21(19)27(3)24(16)20/h5-14H,15H2,1-4H3. The van der Waals surface area contributed by atoms with Crippen molar-refractivity contribution in [1.29, 1.82) is 0 Å². The Kier molecular flexibility index (Phi) is 4.17. The molecule has 2 heterocycles. The molecule has 2 aromatic heterocycles. The second kappa shape index (κ2) is 6.77. The van der Waals surface area contributed by atoms with E-state index < -0.39 is 0 Å². The fourth-order valence-electron chi connectivity index (χ4n) is 4.85. The van der Waals surface area contributed by atoms with Gasteiger partial charge in [-0.05, 0) is 42.7 Å². The minimum atomic E-state index is -0.289. The number of rotatable bonds is 3. The van der Waals surface area contributed by atoms with Crippen LogP contribution in [0.2, 0.25) is 0 Å². The summed E-state index contributed by atoms with van der Waals surface area (Å²) < 4.78 is 9.88. The van der Waals surface area contributed by atoms with Crippen molar-refractivity contribution in [3.63, 3.8) is 0 Å². The molecule has 0 bridgehead atoms. The van der Waals surface area contributed by atoms with Crippen LogP contribution in [0, 0.1) is 13.8 Å². The van der Waals surface area contributed by atoms with Crippen molar-refractivity contribution in [1.82, 2.24) is 9.13 Å². The number of carbonyl (C=O) groups is 1. The van der Waals surface area contributed by atoms with Crippen molar-refractivity contribution in [2.45, 2.75) is 20.5 Å². The summed E-state index contributed by atoms with van der Waals surface area (Å²) >= 11 is 0. The monoisotopic (exact) mass is 396 g/mol. The molecule has 0 saturated carbocycles. The maximum Gasteiger partial charge on any atom is 0.355 e. The highest BCUT2D eigenvalue weighted by Gasteiger charge is 2.23. The van der Waals surface area contributed by atoms with E-state index in [4.69, 9.17) is 4.74 Å². The molecular formula is C26H24N2O2. The van der Waals surface area contributed by atoms with Crippen LogP contribution in [0.4, 0.5) is 0 Å². The van der Waals surface area contributed by atoms with Gasteiger partial charge < -0.3 is 13.9 Å². The Balaban J connectivity index is 1.68. The number of hydrogen-bond acceptors (Lipinski definition) is 2. The SMILES string of the molecule is Cc1c(C(=O)OCc2ccccc2)n(C)c2cc3c4ccccc4n(C)c3c(C)c12. The van der Waals surface area contributed by atoms with Gasteiger partial charge in [0.15, 0.2) is 0 Å². The van der Waals surface area contributed by atoms with Gasteiger partial charge in [-0.3, -0.25) is 0 Å². The lowest BCUT2D eigenvalue weighted by Gasteiger charge is -2.07. The second-order valence-corrected chi connectivity index (χ2v) is 7.96. The highest BCUT2D eigenvalue weighted by Crippen LogP contribution is 2.38. The third-order valence-electron chi connectivity index (χ3n) is 6.25. The molecule has 0 aliphatic carbocycles. The molecule has 0 radical (unpaired) electrons. The molecule has 0 aliphatic heterocycles. The summed E-state index contributed by atoms with van der Waals surface area (Å²) in [6.45, 7) is 4.44. The largest absolute Gasteiger partial charge is 0.456 e. The molecule has 3 aromatic carbocycles. The van der Waals surface area contributed by atoms with Gasteiger partial charge in [-0.1, -0.05) is 48.5 Å². The minimum Gasteiger partial charge on any atom is -0.456 e. The van der Waals surface area contributed by atoms with Crippen molar-refractivity contribution >= 4 is 38.7 Å². The highest BCUT2D eigenvalue weighted by molar-refractivity contribution is 6.15. The summed E-state index contributed by atoms with van der Waals surface area (Å²) in [5, 5.41) is 3.57. The Bertz CT molecular complexity index is 1440. The van der Waals surface area contributed by atoms with Crippen molar-refractivity contribution in [2.75, 3.05) is 0 Å². The number of esters is 1. The van der Waals surface area contributed by atoms with E-state index in [-0.39, 0.29) is 12.6 Å². The van der Waals surface area contributed by atoms with Gasteiger partial charge in [0, 0.05) is 41.3 Å². The van der Waals surface area contributed by atoms with E-state index in [1.165, 1.54) is 27.4 Å². The maximum atomic E-state index is 13.0. The first kappa shape index (κ1) is 18.5. The maximum absolute atomic E-state index is 13.0. The first-order chi connectivity index (χ1) is 14.5. The van der Waals surface area contributed by atoms with E-state index in [1.54, 1.807) is 0 Å². The van der Waals surface area contributed by atoms with E-state index in [2.05, 4.69) is 48.9 Å². The van der Waals surface area contributed by atoms with Gasteiger partial charge in [0.25, 0.3) is 0 Å². The van der Waals surface area contributed by atoms with E-state index in [0.29, 0.717) is 5.69 Å². The van der Waals surface area contributed by atoms with Gasteiger partial charge in [-0.2, -0.15) is 0 Å². The molecule has 30 heavy (non-hydrogen) atoms. The molecule has 150 valence electrons. The molecule has 0 saturated heterocycles. The Morgan fingerprint density at radius 2 is 1.53 bits per heavy atom. The van der Waals surface area contributed by atoms with E-state index in [0.717, 1.165) is 22.0 Å². The molecule has 0 amide bonds. The third kappa shape index (κ3) is 2.57. The van der Waals surface area contributed by atoms with Crippen LogP contribution in [0.15, 0.2) is 60.7 Å². The van der Waals surface area contributed by atoms with Crippen LogP contribution in [0.1, 0.15) is 27.2 Å². The van der Waals surface area contributed by atoms with Gasteiger partial charge in [-0.15, -0.1) is 0 Å². The van der Waals surface area contributed by atoms with Gasteiger partial charge in [0.2, 0.25) is 0 Å². The van der Waals surface area contributed by atoms with Crippen LogP contribution in [-0.2, 0) is 25.4 Å². The van der Waals surface area contributed by atoms with Crippen LogP contribution >= 0.6 is 0 Å². The fraction of sp³-hybridized carbons (Fsp3) is 0.192. The second-order valence-electron chi connectivity index (χ2n) is 7.96. The summed E-state index contributed by atoms with van der Waals surface area (Å²) in [5.41, 5.74) is 7.24. The minimum absolute atomic E-state index is 0.270. The number of benzene rings is 3. The summed E-state index contributed by atoms with van der Waals surface area (Å²) in [6.07, 6.45) is 0. The van der Waals surface area contributed by atoms with Crippen LogP contribution < -0.4 is 0 Å². The van der Waals surface area contributed by atoms with E-state index in [9.17, 15) is 4.79 Å². The average molecular weight is 396 g/mol. The zero-order valence-corrected chi connectivity index (χ0v) is 17.7. The quantitative estimate of drug-likeness (QED) is 0.362. The fourth-order valence-corrected chi connectivity index (χ4v) is 4.85. The highest BCUT2D eigenvalue weighted by atomic mass is 16.5. The van der Waals surface area contributed by atoms with Gasteiger partial charge in [0.05, 0.1) is 5.52 Å². The van der Waals surface area contributed by atoms with Crippen molar-refractivity contribution in [3.05, 3.63) is 83.0 Å². The Morgan fingerprint density at radius 3 is 2.30 bits per heavy atom. The summed E-state index contributed by atoms with van der Waals surface area (Å²) in [4.78, 5) is 13.0. The van der Waals surface area contributed by atoms with Crippen molar-refractivity contribution < 1.29 is 9.53 Å². The van der Waals surface area contributed by atoms with Gasteiger partial charge >= 0.3 is 5.97 Å². The zero-order valence-electron chi connectivity index (χ0n) is 17.7. The third-order valence-corrected chi connectivity index (χ3v) is 6.25. The molecule has 0 spiro atoms. The van der Waals surface area contributed by atoms with Crippen molar-refractivity contribution in [3.8, 4) is 0 Å². The van der Waals surface area contributed by atoms with Gasteiger partial charge in [0.1, 0.15) is 12.3 Å². The van der Waals surface area contributed by atoms with Crippen molar-refractivity contribution in [2.24, 2.45) is 14.1 Å². The Morgan fingerprint density at radius 1 is 0.833 bits per heavy atom. The first-order valence-electron chi connectivity index (χ1n) is 10.2. The molecular weight excluding hydrogens is 372 g/mol. The summed E-state index contributed by atoms with van der Waals surface area (Å²) in [6, 6.07) is 20.4. The Hall–Kier alpha value is -3.53. The summed E-state index contributed by atoms with van der Waals surface area (Å²) in [7, 11) is 4.06. The molecule has 0 atom stereocenters. The normalized spacial score (nSPS) is 11.6. The zero-order chi connectivity index (χ0) is 21.0. The number of ether oxygens (including phenoxy) is 1. The molecule has 0 N–H and O–H groups in total. The average Bonchev–Trinajstić information content (AvgIpc) is 3.19. The van der Waals surface area contributed by atoms with Gasteiger partial charge in [-0.25, -0.2) is 4.79 Å². The number of nitrogens with zero attached hydrogens (tertiary/aromatic N) is 2. The smallest absolute Gasteiger partial charge is 0.355 e. The topological polar surface area (TPSA) is 36.2 Å². The lowest BCUT2D eigenvalue weighted by atomic mass is 10.0. The molecule has 0 fully saturated rings. The molecule has 5 rings (SSSR count). The van der Waals surface area contributed by atoms with E-state index in [1.807, 2.05) is 48.9 Å². The number of carbonyl (C=O) groups excluding carboxylic acids is 1. The lowest BCUT2D eigenvalue weighted by molar-refractivity contribution is 0.0461. The number of para-hydroxylation sites is 1. The lowest BCUT2D eigenvalue weighted by Crippen LogP contribution is -2.11. The number of hydrogen-bond donors (Lipinski definition) is 0. The molecule has 4 heteroatoms. The predicted molar refractivity (Wildman–Crippen MR) is 122 cm³/mol. The molecule has 4 nitrogen and oxygen atoms in total. The van der Waals surface area contributed by atoms with Crippen LogP contribution in [0.3, 0.4) is 0 Å². The Labute approximate surface area is 175 Å². The molecule has 0 aliphatic rings. The predicted octanol–water partition coefficient (Wildman–Crippen LogP) is 5.80. The summed E-state index contributed by atoms with van der Waals surface area (Å²) in [5.74, 6) is -0.289. The first-order valence-corrected chi connectivity index (χ1v) is 10.2. The number of fused-ring (bicyclic) bond motifs is 4. The van der Waals surface area contributed by atoms with Crippen LogP contribution in [0.5, 0.6) is 0 Å². The van der Waals surface area contributed by atoms with Crippen LogP contribution in [-0.4, -0.2) is 15.1 Å². The number of aromatic nitrogens is 2. The molecule has 0 unspecified atom stereocenters. The van der Waals surface area contributed by atoms with Crippen LogP contribution in [0.25, 0.3) is 32.7 Å². The molecule has 5 aromatic rings.